The molecule has 2 heterocycles. The number of hydrogen-bond donors (Lipinski definition) is 1. The molecule has 118 valence electrons. The molecule has 0 spiro atoms. The van der Waals surface area contributed by atoms with Gasteiger partial charge in [-0.2, -0.15) is 0 Å². The minimum atomic E-state index is -0.110. The molecular weight excluding hydrogens is 288 g/mol. The molecule has 0 fully saturated rings. The van der Waals surface area contributed by atoms with E-state index in [9.17, 15) is 4.79 Å². The molecule has 0 radical (unpaired) electrons. The summed E-state index contributed by atoms with van der Waals surface area (Å²) in [5, 5.41) is 2.98. The average molecular weight is 308 g/mol. The van der Waals surface area contributed by atoms with Gasteiger partial charge in [-0.25, -0.2) is 4.98 Å². The molecule has 3 aromatic rings. The summed E-state index contributed by atoms with van der Waals surface area (Å²) >= 11 is 0. The third-order valence-corrected chi connectivity index (χ3v) is 4.01. The molecule has 3 rings (SSSR count). The summed E-state index contributed by atoms with van der Waals surface area (Å²) in [7, 11) is 3.98. The summed E-state index contributed by atoms with van der Waals surface area (Å²) < 4.78 is 1.95. The predicted molar refractivity (Wildman–Crippen MR) is 93.4 cm³/mol. The minimum absolute atomic E-state index is 0.110. The monoisotopic (exact) mass is 308 g/mol. The molecule has 0 aliphatic carbocycles. The fraction of sp³-hybridized carbons (Fsp3) is 0.222. The normalized spacial score (nSPS) is 10.8. The second-order valence-corrected chi connectivity index (χ2v) is 5.84. The first-order chi connectivity index (χ1) is 11.0. The molecule has 0 saturated heterocycles. The van der Waals surface area contributed by atoms with Crippen molar-refractivity contribution in [1.29, 1.82) is 0 Å². The van der Waals surface area contributed by atoms with Gasteiger partial charge in [-0.1, -0.05) is 0 Å². The van der Waals surface area contributed by atoms with Gasteiger partial charge in [0, 0.05) is 43.4 Å². The zero-order chi connectivity index (χ0) is 16.6. The van der Waals surface area contributed by atoms with Crippen molar-refractivity contribution in [3.8, 4) is 0 Å². The van der Waals surface area contributed by atoms with Crippen molar-refractivity contribution < 1.29 is 4.79 Å². The van der Waals surface area contributed by atoms with Gasteiger partial charge in [-0.15, -0.1) is 0 Å². The predicted octanol–water partition coefficient (Wildman–Crippen LogP) is 3.27. The van der Waals surface area contributed by atoms with Crippen LogP contribution in [0, 0.1) is 13.8 Å². The highest BCUT2D eigenvalue weighted by molar-refractivity contribution is 6.05. The molecule has 5 heteroatoms. The zero-order valence-corrected chi connectivity index (χ0v) is 13.8. The molecule has 2 aromatic heterocycles. The maximum absolute atomic E-state index is 12.5. The fourth-order valence-electron chi connectivity index (χ4n) is 2.76. The van der Waals surface area contributed by atoms with E-state index in [1.54, 1.807) is 6.20 Å². The van der Waals surface area contributed by atoms with E-state index in [4.69, 9.17) is 0 Å². The topological polar surface area (TPSA) is 49.6 Å². The molecule has 0 aliphatic heterocycles. The van der Waals surface area contributed by atoms with E-state index in [2.05, 4.69) is 10.3 Å². The lowest BCUT2D eigenvalue weighted by Gasteiger charge is -2.16. The van der Waals surface area contributed by atoms with Crippen LogP contribution in [-0.4, -0.2) is 29.4 Å². The number of fused-ring (bicyclic) bond motifs is 1. The van der Waals surface area contributed by atoms with Crippen LogP contribution in [0.25, 0.3) is 5.65 Å². The van der Waals surface area contributed by atoms with Crippen molar-refractivity contribution in [3.63, 3.8) is 0 Å². The minimum Gasteiger partial charge on any atom is -0.377 e. The number of hydrogen-bond acceptors (Lipinski definition) is 3. The molecule has 0 aliphatic rings. The number of benzene rings is 1. The molecule has 5 nitrogen and oxygen atoms in total. The summed E-state index contributed by atoms with van der Waals surface area (Å²) in [6, 6.07) is 9.51. The number of nitrogens with zero attached hydrogens (tertiary/aromatic N) is 3. The van der Waals surface area contributed by atoms with Crippen molar-refractivity contribution in [2.75, 3.05) is 24.3 Å². The second kappa shape index (κ2) is 5.76. The highest BCUT2D eigenvalue weighted by Crippen LogP contribution is 2.21. The van der Waals surface area contributed by atoms with E-state index in [0.717, 1.165) is 28.3 Å². The number of carbonyl (C=O) groups is 1. The van der Waals surface area contributed by atoms with Crippen molar-refractivity contribution in [2.24, 2.45) is 0 Å². The molecule has 0 unspecified atom stereocenters. The molecular formula is C18H20N4O. The lowest BCUT2D eigenvalue weighted by molar-refractivity contribution is 0.102. The Bertz CT molecular complexity index is 880. The number of pyridine rings is 1. The number of anilines is 2. The lowest BCUT2D eigenvalue weighted by Crippen LogP contribution is -2.15. The fourth-order valence-corrected chi connectivity index (χ4v) is 2.76. The average Bonchev–Trinajstić information content (AvgIpc) is 2.99. The smallest absolute Gasteiger partial charge is 0.255 e. The molecule has 0 saturated carbocycles. The van der Waals surface area contributed by atoms with E-state index >= 15 is 0 Å². The highest BCUT2D eigenvalue weighted by atomic mass is 16.1. The third-order valence-electron chi connectivity index (χ3n) is 4.01. The maximum atomic E-state index is 12.5. The van der Waals surface area contributed by atoms with Gasteiger partial charge in [0.1, 0.15) is 5.65 Å². The van der Waals surface area contributed by atoms with Crippen LogP contribution in [0.2, 0.25) is 0 Å². The first-order valence-electron chi connectivity index (χ1n) is 7.49. The zero-order valence-electron chi connectivity index (χ0n) is 13.8. The Kier molecular flexibility index (Phi) is 3.78. The van der Waals surface area contributed by atoms with Crippen LogP contribution in [0.5, 0.6) is 0 Å². The summed E-state index contributed by atoms with van der Waals surface area (Å²) in [4.78, 5) is 18.8. The van der Waals surface area contributed by atoms with E-state index in [-0.39, 0.29) is 5.91 Å². The quantitative estimate of drug-likeness (QED) is 0.808. The number of nitrogens with one attached hydrogen (secondary N) is 1. The van der Waals surface area contributed by atoms with Crippen molar-refractivity contribution >= 4 is 22.9 Å². The van der Waals surface area contributed by atoms with Crippen LogP contribution in [0.1, 0.15) is 21.6 Å². The molecule has 1 amide bonds. The SMILES string of the molecule is Cc1cc(C(=O)Nc2ccc3nccn3c2C)ccc1N(C)C. The van der Waals surface area contributed by atoms with Crippen LogP contribution < -0.4 is 10.2 Å². The Morgan fingerprint density at radius 1 is 1.17 bits per heavy atom. The van der Waals surface area contributed by atoms with Crippen LogP contribution in [0.15, 0.2) is 42.7 Å². The molecule has 1 N–H and O–H groups in total. The van der Waals surface area contributed by atoms with Gasteiger partial charge in [0.2, 0.25) is 0 Å². The molecule has 1 aromatic carbocycles. The number of rotatable bonds is 3. The van der Waals surface area contributed by atoms with Crippen molar-refractivity contribution in [2.45, 2.75) is 13.8 Å². The van der Waals surface area contributed by atoms with Gasteiger partial charge in [0.05, 0.1) is 5.69 Å². The number of aromatic nitrogens is 2. The maximum Gasteiger partial charge on any atom is 0.255 e. The third kappa shape index (κ3) is 2.77. The summed E-state index contributed by atoms with van der Waals surface area (Å²) in [5.74, 6) is -0.110. The first kappa shape index (κ1) is 15.1. The van der Waals surface area contributed by atoms with Crippen LogP contribution in [0.3, 0.4) is 0 Å². The molecule has 0 atom stereocenters. The number of aryl methyl sites for hydroxylation is 2. The first-order valence-corrected chi connectivity index (χ1v) is 7.49. The molecule has 0 bridgehead atoms. The lowest BCUT2D eigenvalue weighted by atomic mass is 10.1. The van der Waals surface area contributed by atoms with Crippen LogP contribution in [0.4, 0.5) is 11.4 Å². The van der Waals surface area contributed by atoms with E-state index in [1.165, 1.54) is 0 Å². The number of carbonyl (C=O) groups excluding carboxylic acids is 1. The van der Waals surface area contributed by atoms with Gasteiger partial charge in [0.25, 0.3) is 5.91 Å². The Morgan fingerprint density at radius 2 is 1.96 bits per heavy atom. The van der Waals surface area contributed by atoms with E-state index < -0.39 is 0 Å². The summed E-state index contributed by atoms with van der Waals surface area (Å²) in [6.45, 7) is 3.97. The Labute approximate surface area is 135 Å². The Balaban J connectivity index is 1.88. The van der Waals surface area contributed by atoms with Crippen molar-refractivity contribution in [3.05, 3.63) is 59.5 Å². The van der Waals surface area contributed by atoms with Crippen LogP contribution >= 0.6 is 0 Å². The van der Waals surface area contributed by atoms with Gasteiger partial charge in [0.15, 0.2) is 0 Å². The van der Waals surface area contributed by atoms with Gasteiger partial charge < -0.3 is 14.6 Å². The van der Waals surface area contributed by atoms with Gasteiger partial charge in [-0.3, -0.25) is 4.79 Å². The number of amides is 1. The van der Waals surface area contributed by atoms with Gasteiger partial charge >= 0.3 is 0 Å². The standard InChI is InChI=1S/C18H20N4O/c1-12-11-14(5-7-16(12)21(3)4)18(23)20-15-6-8-17-19-9-10-22(17)13(15)2/h5-11H,1-4H3,(H,20,23). The largest absolute Gasteiger partial charge is 0.377 e. The number of imidazole rings is 1. The van der Waals surface area contributed by atoms with Gasteiger partial charge in [-0.05, 0) is 49.7 Å². The highest BCUT2D eigenvalue weighted by Gasteiger charge is 2.11. The summed E-state index contributed by atoms with van der Waals surface area (Å²) in [6.07, 6.45) is 3.63. The second-order valence-electron chi connectivity index (χ2n) is 5.84. The Morgan fingerprint density at radius 3 is 2.65 bits per heavy atom. The Hall–Kier alpha value is -2.82. The van der Waals surface area contributed by atoms with Crippen LogP contribution in [-0.2, 0) is 0 Å². The molecule has 23 heavy (non-hydrogen) atoms. The summed E-state index contributed by atoms with van der Waals surface area (Å²) in [5.41, 5.74) is 5.44. The van der Waals surface area contributed by atoms with E-state index in [1.807, 2.05) is 73.8 Å². The van der Waals surface area contributed by atoms with Crippen molar-refractivity contribution in [1.82, 2.24) is 9.38 Å². The van der Waals surface area contributed by atoms with E-state index in [0.29, 0.717) is 5.56 Å².